The van der Waals surface area contributed by atoms with Crippen LogP contribution in [0.1, 0.15) is 43.1 Å². The molecule has 0 radical (unpaired) electrons. The fourth-order valence-electron chi connectivity index (χ4n) is 2.59. The van der Waals surface area contributed by atoms with E-state index in [1.165, 1.54) is 12.6 Å². The molecule has 6 nitrogen and oxygen atoms in total. The monoisotopic (exact) mass is 278 g/mol. The Labute approximate surface area is 112 Å². The lowest BCUT2D eigenvalue weighted by Gasteiger charge is -2.29. The van der Waals surface area contributed by atoms with Gasteiger partial charge in [-0.2, -0.15) is 10.5 Å². The van der Waals surface area contributed by atoms with Crippen molar-refractivity contribution in [2.45, 2.75) is 37.0 Å². The van der Waals surface area contributed by atoms with Crippen LogP contribution in [-0.2, 0) is 9.84 Å². The molecule has 0 amide bonds. The summed E-state index contributed by atoms with van der Waals surface area (Å²) < 4.78 is 24.9. The van der Waals surface area contributed by atoms with Crippen LogP contribution >= 0.6 is 0 Å². The predicted octanol–water partition coefficient (Wildman–Crippen LogP) is 1.15. The van der Waals surface area contributed by atoms with E-state index in [-0.39, 0.29) is 22.7 Å². The van der Waals surface area contributed by atoms with Crippen LogP contribution < -0.4 is 0 Å². The Morgan fingerprint density at radius 1 is 1.37 bits per heavy atom. The van der Waals surface area contributed by atoms with Crippen molar-refractivity contribution in [2.24, 2.45) is 0 Å². The molecule has 1 aliphatic rings. The van der Waals surface area contributed by atoms with Gasteiger partial charge in [0, 0.05) is 12.3 Å². The summed E-state index contributed by atoms with van der Waals surface area (Å²) in [6, 6.07) is 3.78. The first-order valence-corrected chi connectivity index (χ1v) is 7.98. The van der Waals surface area contributed by atoms with Crippen LogP contribution in [0.15, 0.2) is 6.33 Å². The molecule has 0 aliphatic heterocycles. The number of nitriles is 2. The minimum absolute atomic E-state index is 0.0716. The van der Waals surface area contributed by atoms with Crippen LogP contribution in [0.4, 0.5) is 0 Å². The number of hydrogen-bond donors (Lipinski definition) is 0. The summed E-state index contributed by atoms with van der Waals surface area (Å²) in [4.78, 5) is 3.90. The van der Waals surface area contributed by atoms with Gasteiger partial charge in [0.15, 0.2) is 11.4 Å². The Bertz CT molecular complexity index is 663. The minimum Gasteiger partial charge on any atom is -0.318 e. The molecular formula is C12H14N4O2S. The summed E-state index contributed by atoms with van der Waals surface area (Å²) in [7, 11) is -3.07. The molecule has 2 atom stereocenters. The van der Waals surface area contributed by atoms with Gasteiger partial charge in [-0.05, 0) is 19.3 Å². The number of aromatic nitrogens is 2. The van der Waals surface area contributed by atoms with Crippen LogP contribution in [-0.4, -0.2) is 29.5 Å². The third kappa shape index (κ3) is 2.61. The molecule has 1 aromatic heterocycles. The SMILES string of the molecule is CS(=O)(=O)C1CCCC(n2cnc(C#N)c2C#N)C1. The van der Waals surface area contributed by atoms with E-state index >= 15 is 0 Å². The van der Waals surface area contributed by atoms with Crippen molar-refractivity contribution in [3.63, 3.8) is 0 Å². The summed E-state index contributed by atoms with van der Waals surface area (Å²) in [5, 5.41) is 17.6. The maximum atomic E-state index is 11.6. The third-order valence-corrected chi connectivity index (χ3v) is 5.24. The molecule has 2 unspecified atom stereocenters. The van der Waals surface area contributed by atoms with Gasteiger partial charge in [-0.3, -0.25) is 0 Å². The smallest absolute Gasteiger partial charge is 0.176 e. The molecule has 1 aromatic rings. The van der Waals surface area contributed by atoms with Gasteiger partial charge in [0.05, 0.1) is 11.6 Å². The fraction of sp³-hybridized carbons (Fsp3) is 0.583. The quantitative estimate of drug-likeness (QED) is 0.808. The number of rotatable bonds is 2. The van der Waals surface area contributed by atoms with Gasteiger partial charge in [-0.15, -0.1) is 0 Å². The highest BCUT2D eigenvalue weighted by molar-refractivity contribution is 7.91. The standard InChI is InChI=1S/C12H14N4O2S/c1-19(17,18)10-4-2-3-9(5-10)16-8-15-11(6-13)12(16)7-14/h8-10H,2-5H2,1H3. The molecule has 1 saturated carbocycles. The number of nitrogens with zero attached hydrogens (tertiary/aromatic N) is 4. The van der Waals surface area contributed by atoms with Crippen molar-refractivity contribution in [3.8, 4) is 12.1 Å². The molecule has 1 heterocycles. The van der Waals surface area contributed by atoms with Gasteiger partial charge >= 0.3 is 0 Å². The van der Waals surface area contributed by atoms with Crippen LogP contribution in [0.25, 0.3) is 0 Å². The summed E-state index contributed by atoms with van der Waals surface area (Å²) in [5.41, 5.74) is 0.325. The van der Waals surface area contributed by atoms with Crippen molar-refractivity contribution >= 4 is 9.84 Å². The molecule has 0 saturated heterocycles. The summed E-state index contributed by atoms with van der Waals surface area (Å²) in [5.74, 6) is 0. The Morgan fingerprint density at radius 3 is 2.68 bits per heavy atom. The van der Waals surface area contributed by atoms with Crippen LogP contribution in [0.5, 0.6) is 0 Å². The summed E-state index contributed by atoms with van der Waals surface area (Å²) >= 11 is 0. The second kappa shape index (κ2) is 5.02. The molecule has 0 N–H and O–H groups in total. The van der Waals surface area contributed by atoms with Crippen LogP contribution in [0.2, 0.25) is 0 Å². The predicted molar refractivity (Wildman–Crippen MR) is 67.8 cm³/mol. The van der Waals surface area contributed by atoms with E-state index in [1.54, 1.807) is 4.57 Å². The van der Waals surface area contributed by atoms with Crippen molar-refractivity contribution in [1.29, 1.82) is 10.5 Å². The molecule has 1 aliphatic carbocycles. The van der Waals surface area contributed by atoms with E-state index in [9.17, 15) is 8.42 Å². The van der Waals surface area contributed by atoms with E-state index < -0.39 is 9.84 Å². The maximum Gasteiger partial charge on any atom is 0.176 e. The zero-order valence-electron chi connectivity index (χ0n) is 10.6. The maximum absolute atomic E-state index is 11.6. The van der Waals surface area contributed by atoms with E-state index in [1.807, 2.05) is 12.1 Å². The van der Waals surface area contributed by atoms with E-state index in [4.69, 9.17) is 10.5 Å². The minimum atomic E-state index is -3.07. The molecule has 7 heteroatoms. The molecular weight excluding hydrogens is 264 g/mol. The van der Waals surface area contributed by atoms with Gasteiger partial charge in [-0.1, -0.05) is 6.42 Å². The Morgan fingerprint density at radius 2 is 2.11 bits per heavy atom. The first kappa shape index (κ1) is 13.6. The zero-order chi connectivity index (χ0) is 14.0. The summed E-state index contributed by atoms with van der Waals surface area (Å²) in [6.07, 6.45) is 5.47. The Kier molecular flexibility index (Phi) is 3.59. The summed E-state index contributed by atoms with van der Waals surface area (Å²) in [6.45, 7) is 0. The highest BCUT2D eigenvalue weighted by Gasteiger charge is 2.31. The molecule has 100 valence electrons. The number of imidazole rings is 1. The zero-order valence-corrected chi connectivity index (χ0v) is 11.4. The fourth-order valence-corrected chi connectivity index (χ4v) is 3.76. The van der Waals surface area contributed by atoms with Crippen LogP contribution in [0.3, 0.4) is 0 Å². The van der Waals surface area contributed by atoms with E-state index in [0.717, 1.165) is 12.8 Å². The highest BCUT2D eigenvalue weighted by atomic mass is 32.2. The van der Waals surface area contributed by atoms with Crippen molar-refractivity contribution < 1.29 is 8.42 Å². The average molecular weight is 278 g/mol. The van der Waals surface area contributed by atoms with Gasteiger partial charge in [-0.25, -0.2) is 13.4 Å². The average Bonchev–Trinajstić information content (AvgIpc) is 2.80. The molecule has 2 rings (SSSR count). The van der Waals surface area contributed by atoms with Gasteiger partial charge in [0.1, 0.15) is 22.0 Å². The highest BCUT2D eigenvalue weighted by Crippen LogP contribution is 2.33. The van der Waals surface area contributed by atoms with Crippen molar-refractivity contribution in [3.05, 3.63) is 17.7 Å². The van der Waals surface area contributed by atoms with Gasteiger partial charge in [0.25, 0.3) is 0 Å². The molecule has 0 spiro atoms. The second-order valence-electron chi connectivity index (χ2n) is 4.84. The van der Waals surface area contributed by atoms with Crippen LogP contribution in [0, 0.1) is 22.7 Å². The van der Waals surface area contributed by atoms with E-state index in [0.29, 0.717) is 12.8 Å². The second-order valence-corrected chi connectivity index (χ2v) is 7.17. The lowest BCUT2D eigenvalue weighted by molar-refractivity contribution is 0.350. The number of sulfone groups is 1. The van der Waals surface area contributed by atoms with Gasteiger partial charge in [0.2, 0.25) is 0 Å². The Balaban J connectivity index is 2.31. The molecule has 19 heavy (non-hydrogen) atoms. The normalized spacial score (nSPS) is 23.5. The van der Waals surface area contributed by atoms with Gasteiger partial charge < -0.3 is 4.57 Å². The molecule has 0 aromatic carbocycles. The van der Waals surface area contributed by atoms with Crippen molar-refractivity contribution in [1.82, 2.24) is 9.55 Å². The topological polar surface area (TPSA) is 99.5 Å². The Hall–Kier alpha value is -1.86. The molecule has 0 bridgehead atoms. The lowest BCUT2D eigenvalue weighted by Crippen LogP contribution is -2.29. The lowest BCUT2D eigenvalue weighted by atomic mass is 9.94. The third-order valence-electron chi connectivity index (χ3n) is 3.60. The number of hydrogen-bond acceptors (Lipinski definition) is 5. The molecule has 1 fully saturated rings. The van der Waals surface area contributed by atoms with Crippen molar-refractivity contribution in [2.75, 3.05) is 6.26 Å². The largest absolute Gasteiger partial charge is 0.318 e. The van der Waals surface area contributed by atoms with E-state index in [2.05, 4.69) is 4.98 Å². The first-order valence-electron chi connectivity index (χ1n) is 6.03. The first-order chi connectivity index (χ1) is 8.97.